The van der Waals surface area contributed by atoms with Crippen molar-refractivity contribution in [2.24, 2.45) is 5.92 Å². The molecule has 5 heteroatoms. The minimum absolute atomic E-state index is 0.194. The van der Waals surface area contributed by atoms with Crippen molar-refractivity contribution < 1.29 is 9.90 Å². The Bertz CT molecular complexity index is 811. The summed E-state index contributed by atoms with van der Waals surface area (Å²) in [6.45, 7) is 3.29. The van der Waals surface area contributed by atoms with Crippen molar-refractivity contribution in [2.75, 3.05) is 6.54 Å². The Morgan fingerprint density at radius 3 is 2.58 bits per heavy atom. The quantitative estimate of drug-likeness (QED) is 0.897. The fourth-order valence-electron chi connectivity index (χ4n) is 4.21. The van der Waals surface area contributed by atoms with E-state index < -0.39 is 0 Å². The molecule has 0 atom stereocenters. The van der Waals surface area contributed by atoms with E-state index in [1.807, 2.05) is 24.0 Å². The highest BCUT2D eigenvalue weighted by Crippen LogP contribution is 2.32. The van der Waals surface area contributed by atoms with Crippen molar-refractivity contribution in [3.8, 4) is 17.0 Å². The van der Waals surface area contributed by atoms with E-state index in [0.29, 0.717) is 12.5 Å². The van der Waals surface area contributed by atoms with Gasteiger partial charge in [0.2, 0.25) is 5.91 Å². The number of carbonyl (C=O) groups excluding carboxylic acids is 1. The normalized spacial score (nSPS) is 17.8. The lowest BCUT2D eigenvalue weighted by Crippen LogP contribution is -2.35. The van der Waals surface area contributed by atoms with Gasteiger partial charge < -0.3 is 10.0 Å². The summed E-state index contributed by atoms with van der Waals surface area (Å²) in [5, 5.41) is 9.59. The lowest BCUT2D eigenvalue weighted by atomic mass is 10.0. The van der Waals surface area contributed by atoms with Crippen LogP contribution in [0.15, 0.2) is 24.3 Å². The van der Waals surface area contributed by atoms with E-state index in [9.17, 15) is 9.90 Å². The van der Waals surface area contributed by atoms with E-state index >= 15 is 0 Å². The molecule has 0 spiro atoms. The molecule has 5 nitrogen and oxygen atoms in total. The lowest BCUT2D eigenvalue weighted by Gasteiger charge is -2.25. The molecule has 0 saturated heterocycles. The highest BCUT2D eigenvalue weighted by Gasteiger charge is 2.30. The number of hydrogen-bond acceptors (Lipinski definition) is 4. The second-order valence-corrected chi connectivity index (χ2v) is 7.44. The summed E-state index contributed by atoms with van der Waals surface area (Å²) < 4.78 is 0. The minimum Gasteiger partial charge on any atom is -0.508 e. The van der Waals surface area contributed by atoms with Crippen molar-refractivity contribution in [1.29, 1.82) is 0 Å². The van der Waals surface area contributed by atoms with Gasteiger partial charge in [-0.1, -0.05) is 12.8 Å². The van der Waals surface area contributed by atoms with Crippen molar-refractivity contribution in [1.82, 2.24) is 14.9 Å². The molecular weight excluding hydrogens is 326 g/mol. The topological polar surface area (TPSA) is 66.3 Å². The molecule has 0 unspecified atom stereocenters. The van der Waals surface area contributed by atoms with Crippen molar-refractivity contribution in [3.63, 3.8) is 0 Å². The summed E-state index contributed by atoms with van der Waals surface area (Å²) in [4.78, 5) is 24.4. The van der Waals surface area contributed by atoms with Crippen LogP contribution in [-0.4, -0.2) is 32.4 Å². The van der Waals surface area contributed by atoms with Gasteiger partial charge in [0.1, 0.15) is 11.6 Å². The number of nitrogens with zero attached hydrogens (tertiary/aromatic N) is 3. The van der Waals surface area contributed by atoms with Gasteiger partial charge in [0, 0.05) is 35.8 Å². The van der Waals surface area contributed by atoms with Crippen LogP contribution in [0.1, 0.15) is 49.2 Å². The molecule has 26 heavy (non-hydrogen) atoms. The lowest BCUT2D eigenvalue weighted by molar-refractivity contribution is -0.135. The maximum absolute atomic E-state index is 13.0. The van der Waals surface area contributed by atoms with Crippen LogP contribution < -0.4 is 0 Å². The summed E-state index contributed by atoms with van der Waals surface area (Å²) in [6, 6.07) is 7.12. The number of carbonyl (C=O) groups is 1. The minimum atomic E-state index is 0.194. The highest BCUT2D eigenvalue weighted by molar-refractivity contribution is 5.79. The molecule has 136 valence electrons. The first-order valence-electron chi connectivity index (χ1n) is 9.56. The molecular formula is C21H25N3O2. The third kappa shape index (κ3) is 3.30. The molecule has 1 N–H and O–H groups in total. The zero-order chi connectivity index (χ0) is 18.1. The van der Waals surface area contributed by atoms with E-state index in [2.05, 4.69) is 9.97 Å². The fraction of sp³-hybridized carbons (Fsp3) is 0.476. The van der Waals surface area contributed by atoms with Gasteiger partial charge in [-0.25, -0.2) is 9.97 Å². The van der Waals surface area contributed by atoms with Crippen LogP contribution in [0.3, 0.4) is 0 Å². The Hall–Kier alpha value is -2.43. The Labute approximate surface area is 154 Å². The molecule has 1 saturated carbocycles. The number of rotatable bonds is 2. The Kier molecular flexibility index (Phi) is 4.62. The number of aromatic nitrogens is 2. The standard InChI is InChI=1S/C21H25N3O2/c1-14-22-19-7-4-12-24(21(26)16-5-2-3-6-16)13-18(19)20(23-14)15-8-10-17(25)11-9-15/h8-11,16,25H,2-7,12-13H2,1H3. The fourth-order valence-corrected chi connectivity index (χ4v) is 4.21. The predicted molar refractivity (Wildman–Crippen MR) is 99.6 cm³/mol. The first-order chi connectivity index (χ1) is 12.6. The van der Waals surface area contributed by atoms with Crippen LogP contribution in [0.2, 0.25) is 0 Å². The van der Waals surface area contributed by atoms with Crippen molar-refractivity contribution >= 4 is 5.91 Å². The first kappa shape index (κ1) is 17.0. The van der Waals surface area contributed by atoms with E-state index in [1.54, 1.807) is 12.1 Å². The van der Waals surface area contributed by atoms with Crippen LogP contribution in [-0.2, 0) is 17.8 Å². The predicted octanol–water partition coefficient (Wildman–Crippen LogP) is 3.62. The first-order valence-corrected chi connectivity index (χ1v) is 9.56. The number of aromatic hydroxyl groups is 1. The number of amides is 1. The van der Waals surface area contributed by atoms with E-state index in [1.165, 1.54) is 12.8 Å². The monoisotopic (exact) mass is 351 g/mol. The average molecular weight is 351 g/mol. The summed E-state index contributed by atoms with van der Waals surface area (Å²) in [5.41, 5.74) is 3.96. The van der Waals surface area contributed by atoms with Crippen LogP contribution >= 0.6 is 0 Å². The van der Waals surface area contributed by atoms with Gasteiger partial charge >= 0.3 is 0 Å². The largest absolute Gasteiger partial charge is 0.508 e. The Morgan fingerprint density at radius 2 is 1.85 bits per heavy atom. The van der Waals surface area contributed by atoms with Gasteiger partial charge in [0.25, 0.3) is 0 Å². The molecule has 2 aliphatic rings. The number of phenols is 1. The molecule has 1 aliphatic carbocycles. The van der Waals surface area contributed by atoms with Gasteiger partial charge in [-0.2, -0.15) is 0 Å². The summed E-state index contributed by atoms with van der Waals surface area (Å²) in [5.74, 6) is 1.48. The summed E-state index contributed by atoms with van der Waals surface area (Å²) in [6.07, 6.45) is 6.20. The van der Waals surface area contributed by atoms with Gasteiger partial charge in [-0.15, -0.1) is 0 Å². The van der Waals surface area contributed by atoms with Crippen LogP contribution in [0.5, 0.6) is 5.75 Å². The molecule has 0 radical (unpaired) electrons. The number of hydrogen-bond donors (Lipinski definition) is 1. The molecule has 1 amide bonds. The highest BCUT2D eigenvalue weighted by atomic mass is 16.3. The van der Waals surface area contributed by atoms with Crippen molar-refractivity contribution in [2.45, 2.75) is 52.0 Å². The molecule has 2 heterocycles. The van der Waals surface area contributed by atoms with Gasteiger partial charge in [0.15, 0.2) is 0 Å². The Morgan fingerprint density at radius 1 is 1.12 bits per heavy atom. The van der Waals surface area contributed by atoms with Crippen LogP contribution in [0, 0.1) is 12.8 Å². The number of benzene rings is 1. The van der Waals surface area contributed by atoms with Crippen molar-refractivity contribution in [3.05, 3.63) is 41.3 Å². The molecule has 1 aromatic carbocycles. The second kappa shape index (κ2) is 7.06. The smallest absolute Gasteiger partial charge is 0.225 e. The summed E-state index contributed by atoms with van der Waals surface area (Å²) in [7, 11) is 0. The Balaban J connectivity index is 1.71. The zero-order valence-corrected chi connectivity index (χ0v) is 15.2. The maximum atomic E-state index is 13.0. The number of fused-ring (bicyclic) bond motifs is 1. The zero-order valence-electron chi connectivity index (χ0n) is 15.2. The van der Waals surface area contributed by atoms with Gasteiger partial charge in [0.05, 0.1) is 5.69 Å². The number of aryl methyl sites for hydroxylation is 2. The van der Waals surface area contributed by atoms with Crippen LogP contribution in [0.25, 0.3) is 11.3 Å². The number of phenolic OH excluding ortho intramolecular Hbond substituents is 1. The third-order valence-electron chi connectivity index (χ3n) is 5.55. The second-order valence-electron chi connectivity index (χ2n) is 7.44. The average Bonchev–Trinajstić information content (AvgIpc) is 3.08. The van der Waals surface area contributed by atoms with E-state index in [-0.39, 0.29) is 11.7 Å². The van der Waals surface area contributed by atoms with E-state index in [0.717, 1.165) is 60.6 Å². The van der Waals surface area contributed by atoms with Gasteiger partial charge in [-0.3, -0.25) is 4.79 Å². The van der Waals surface area contributed by atoms with Crippen LogP contribution in [0.4, 0.5) is 0 Å². The van der Waals surface area contributed by atoms with E-state index in [4.69, 9.17) is 0 Å². The molecule has 1 aromatic heterocycles. The maximum Gasteiger partial charge on any atom is 0.225 e. The summed E-state index contributed by atoms with van der Waals surface area (Å²) >= 11 is 0. The SMILES string of the molecule is Cc1nc2c(c(-c3ccc(O)cc3)n1)CN(C(=O)C1CCCC1)CCC2. The molecule has 0 bridgehead atoms. The molecule has 1 fully saturated rings. The third-order valence-corrected chi connectivity index (χ3v) is 5.55. The molecule has 1 aliphatic heterocycles. The molecule has 2 aromatic rings. The molecule has 4 rings (SSSR count). The van der Waals surface area contributed by atoms with Gasteiger partial charge in [-0.05, 0) is 56.9 Å².